The lowest BCUT2D eigenvalue weighted by molar-refractivity contribution is 0.405. The Balaban J connectivity index is 1.61. The molecule has 0 bridgehead atoms. The predicted molar refractivity (Wildman–Crippen MR) is 115 cm³/mol. The number of hydrogen-bond donors (Lipinski definition) is 3. The molecule has 0 saturated heterocycles. The van der Waals surface area contributed by atoms with E-state index in [0.29, 0.717) is 27.9 Å². The summed E-state index contributed by atoms with van der Waals surface area (Å²) in [5, 5.41) is 8.35. The zero-order valence-electron chi connectivity index (χ0n) is 16.6. The minimum atomic E-state index is -0.576. The molecule has 8 nitrogen and oxygen atoms in total. The quantitative estimate of drug-likeness (QED) is 0.536. The number of anilines is 5. The molecule has 2 aromatic carbocycles. The number of nitrogens with one attached hydrogen (secondary N) is 3. The first-order valence-electron chi connectivity index (χ1n) is 9.06. The van der Waals surface area contributed by atoms with Crippen LogP contribution in [0, 0.1) is 5.82 Å². The van der Waals surface area contributed by atoms with Gasteiger partial charge in [-0.3, -0.25) is 0 Å². The van der Waals surface area contributed by atoms with E-state index in [-0.39, 0.29) is 11.8 Å². The Morgan fingerprint density at radius 3 is 2.70 bits per heavy atom. The number of hydrazine groups is 1. The van der Waals surface area contributed by atoms with Crippen LogP contribution in [0.25, 0.3) is 0 Å². The average molecular weight is 431 g/mol. The molecule has 156 valence electrons. The van der Waals surface area contributed by atoms with Crippen molar-refractivity contribution in [1.29, 1.82) is 0 Å². The highest BCUT2D eigenvalue weighted by atomic mass is 35.5. The van der Waals surface area contributed by atoms with Gasteiger partial charge in [-0.25, -0.2) is 14.8 Å². The maximum absolute atomic E-state index is 14.4. The van der Waals surface area contributed by atoms with Crippen LogP contribution in [0.15, 0.2) is 36.5 Å². The van der Waals surface area contributed by atoms with Gasteiger partial charge in [0.15, 0.2) is 11.6 Å². The molecule has 3 aromatic rings. The third-order valence-corrected chi connectivity index (χ3v) is 4.98. The number of aromatic nitrogens is 2. The van der Waals surface area contributed by atoms with Crippen molar-refractivity contribution >= 4 is 40.4 Å². The highest BCUT2D eigenvalue weighted by Crippen LogP contribution is 2.37. The zero-order chi connectivity index (χ0) is 21.3. The van der Waals surface area contributed by atoms with E-state index in [2.05, 4.69) is 26.0 Å². The maximum Gasteiger partial charge on any atom is 0.229 e. The number of benzene rings is 2. The monoisotopic (exact) mass is 430 g/mol. The number of hydrogen-bond acceptors (Lipinski definition) is 8. The molecule has 0 spiro atoms. The summed E-state index contributed by atoms with van der Waals surface area (Å²) < 4.78 is 24.9. The second-order valence-corrected chi connectivity index (χ2v) is 6.97. The fourth-order valence-corrected chi connectivity index (χ4v) is 3.35. The summed E-state index contributed by atoms with van der Waals surface area (Å²) in [6.07, 6.45) is 1.10. The Labute approximate surface area is 178 Å². The lowest BCUT2D eigenvalue weighted by Gasteiger charge is -2.15. The average Bonchev–Trinajstić information content (AvgIpc) is 3.11. The summed E-state index contributed by atoms with van der Waals surface area (Å²) in [6, 6.07) is 9.06. The van der Waals surface area contributed by atoms with E-state index < -0.39 is 5.82 Å². The van der Waals surface area contributed by atoms with Crippen LogP contribution in [0.5, 0.6) is 11.5 Å². The van der Waals surface area contributed by atoms with Gasteiger partial charge in [-0.1, -0.05) is 17.7 Å². The van der Waals surface area contributed by atoms with Gasteiger partial charge < -0.3 is 25.1 Å². The van der Waals surface area contributed by atoms with Crippen molar-refractivity contribution in [2.45, 2.75) is 6.54 Å². The first-order chi connectivity index (χ1) is 14.5. The van der Waals surface area contributed by atoms with Gasteiger partial charge in [0.05, 0.1) is 36.8 Å². The van der Waals surface area contributed by atoms with Crippen molar-refractivity contribution in [1.82, 2.24) is 15.4 Å². The Kier molecular flexibility index (Phi) is 5.47. The van der Waals surface area contributed by atoms with Crippen molar-refractivity contribution in [3.8, 4) is 11.5 Å². The van der Waals surface area contributed by atoms with E-state index >= 15 is 0 Å². The normalized spacial score (nSPS) is 12.5. The lowest BCUT2D eigenvalue weighted by Crippen LogP contribution is -2.26. The van der Waals surface area contributed by atoms with Crippen molar-refractivity contribution in [2.24, 2.45) is 0 Å². The van der Waals surface area contributed by atoms with Crippen LogP contribution in [0.4, 0.5) is 33.2 Å². The molecule has 0 fully saturated rings. The summed E-state index contributed by atoms with van der Waals surface area (Å²) in [6.45, 7) is 0.758. The predicted octanol–water partition coefficient (Wildman–Crippen LogP) is 4.23. The summed E-state index contributed by atoms with van der Waals surface area (Å²) in [7, 11) is 4.95. The summed E-state index contributed by atoms with van der Waals surface area (Å²) in [5.74, 6) is 0.573. The van der Waals surface area contributed by atoms with Gasteiger partial charge in [0.25, 0.3) is 0 Å². The van der Waals surface area contributed by atoms with E-state index in [1.807, 2.05) is 30.3 Å². The summed E-state index contributed by atoms with van der Waals surface area (Å²) >= 11 is 6.14. The van der Waals surface area contributed by atoms with Gasteiger partial charge in [0.2, 0.25) is 5.95 Å². The molecule has 1 aliphatic heterocycles. The SMILES string of the molecule is COc1cc(Nc2ncc(F)c(Nc3ccc4c(c3)N(C)NC4)n2)c(OC)cc1Cl. The molecule has 3 N–H and O–H groups in total. The molecule has 0 unspecified atom stereocenters. The largest absolute Gasteiger partial charge is 0.495 e. The summed E-state index contributed by atoms with van der Waals surface area (Å²) in [5.41, 5.74) is 6.63. The van der Waals surface area contributed by atoms with E-state index in [9.17, 15) is 4.39 Å². The van der Waals surface area contributed by atoms with Crippen molar-refractivity contribution in [3.05, 3.63) is 52.9 Å². The smallest absolute Gasteiger partial charge is 0.229 e. The standard InChI is InChI=1S/C20H20ClFN6O2/c1-28-16-6-12(5-4-11(16)9-24-28)25-19-14(22)10-23-20(27-19)26-15-8-17(29-2)13(21)7-18(15)30-3/h4-8,10,24H,9H2,1-3H3,(H2,23,25,26,27). The number of nitrogens with zero attached hydrogens (tertiary/aromatic N) is 3. The first kappa shape index (κ1) is 20.0. The molecule has 1 aliphatic rings. The molecule has 0 saturated carbocycles. The van der Waals surface area contributed by atoms with Gasteiger partial charge in [-0.15, -0.1) is 0 Å². The van der Waals surface area contributed by atoms with Crippen molar-refractivity contribution < 1.29 is 13.9 Å². The van der Waals surface area contributed by atoms with E-state index in [1.165, 1.54) is 14.2 Å². The van der Waals surface area contributed by atoms with Crippen molar-refractivity contribution in [2.75, 3.05) is 36.9 Å². The molecule has 30 heavy (non-hydrogen) atoms. The molecule has 2 heterocycles. The second-order valence-electron chi connectivity index (χ2n) is 6.56. The molecule has 1 aromatic heterocycles. The maximum atomic E-state index is 14.4. The number of ether oxygens (including phenoxy) is 2. The Morgan fingerprint density at radius 1 is 1.13 bits per heavy atom. The van der Waals surface area contributed by atoms with Crippen molar-refractivity contribution in [3.63, 3.8) is 0 Å². The highest BCUT2D eigenvalue weighted by molar-refractivity contribution is 6.32. The minimum absolute atomic E-state index is 0.0426. The van der Waals surface area contributed by atoms with Gasteiger partial charge in [0, 0.05) is 31.4 Å². The van der Waals surface area contributed by atoms with Crippen LogP contribution in [-0.4, -0.2) is 31.2 Å². The van der Waals surface area contributed by atoms with Crippen LogP contribution < -0.4 is 30.5 Å². The summed E-state index contributed by atoms with van der Waals surface area (Å²) in [4.78, 5) is 8.28. The number of fused-ring (bicyclic) bond motifs is 1. The molecule has 0 amide bonds. The fourth-order valence-electron chi connectivity index (χ4n) is 3.12. The Morgan fingerprint density at radius 2 is 1.93 bits per heavy atom. The molecular formula is C20H20ClFN6O2. The van der Waals surface area contributed by atoms with Crippen LogP contribution in [0.2, 0.25) is 5.02 Å². The number of rotatable bonds is 6. The molecule has 0 atom stereocenters. The lowest BCUT2D eigenvalue weighted by atomic mass is 10.1. The van der Waals surface area contributed by atoms with Gasteiger partial charge >= 0.3 is 0 Å². The van der Waals surface area contributed by atoms with Crippen LogP contribution in [0.3, 0.4) is 0 Å². The van der Waals surface area contributed by atoms with Crippen LogP contribution >= 0.6 is 11.6 Å². The third-order valence-electron chi connectivity index (χ3n) is 4.68. The van der Waals surface area contributed by atoms with E-state index in [0.717, 1.165) is 24.0 Å². The van der Waals surface area contributed by atoms with Gasteiger partial charge in [0.1, 0.15) is 11.5 Å². The van der Waals surface area contributed by atoms with Crippen LogP contribution in [0.1, 0.15) is 5.56 Å². The van der Waals surface area contributed by atoms with Crippen LogP contribution in [-0.2, 0) is 6.54 Å². The molecule has 0 aliphatic carbocycles. The number of methoxy groups -OCH3 is 2. The second kappa shape index (κ2) is 8.21. The molecule has 0 radical (unpaired) electrons. The van der Waals surface area contributed by atoms with E-state index in [4.69, 9.17) is 21.1 Å². The Hall–Kier alpha value is -3.30. The van der Waals surface area contributed by atoms with Gasteiger partial charge in [-0.2, -0.15) is 4.98 Å². The molecular weight excluding hydrogens is 411 g/mol. The van der Waals surface area contributed by atoms with E-state index in [1.54, 1.807) is 12.1 Å². The van der Waals surface area contributed by atoms with Gasteiger partial charge in [-0.05, 0) is 17.7 Å². The third kappa shape index (κ3) is 3.89. The minimum Gasteiger partial charge on any atom is -0.495 e. The number of halogens is 2. The fraction of sp³-hybridized carbons (Fsp3) is 0.200. The topological polar surface area (TPSA) is 83.6 Å². The first-order valence-corrected chi connectivity index (χ1v) is 9.44. The highest BCUT2D eigenvalue weighted by Gasteiger charge is 2.17. The zero-order valence-corrected chi connectivity index (χ0v) is 17.3. The Bertz CT molecular complexity index is 1100. The molecule has 4 rings (SSSR count). The molecule has 10 heteroatoms.